The second-order valence-electron chi connectivity index (χ2n) is 6.46. The number of benzene rings is 1. The van der Waals surface area contributed by atoms with Gasteiger partial charge in [-0.3, -0.25) is 14.5 Å². The first-order chi connectivity index (χ1) is 11.7. The molecule has 0 aliphatic carbocycles. The van der Waals surface area contributed by atoms with Gasteiger partial charge in [-0.15, -0.1) is 0 Å². The summed E-state index contributed by atoms with van der Waals surface area (Å²) in [6.07, 6.45) is 2.53. The van der Waals surface area contributed by atoms with Gasteiger partial charge in [0, 0.05) is 20.6 Å². The van der Waals surface area contributed by atoms with Gasteiger partial charge in [-0.2, -0.15) is 0 Å². The van der Waals surface area contributed by atoms with Crippen LogP contribution in [0.3, 0.4) is 0 Å². The van der Waals surface area contributed by atoms with E-state index < -0.39 is 22.5 Å². The smallest absolute Gasteiger partial charge is 0.323 e. The Morgan fingerprint density at radius 2 is 2.00 bits per heavy atom. The van der Waals surface area contributed by atoms with Crippen LogP contribution in [0.15, 0.2) is 23.1 Å². The van der Waals surface area contributed by atoms with Crippen LogP contribution in [0.25, 0.3) is 0 Å². The van der Waals surface area contributed by atoms with Gasteiger partial charge in [0.05, 0.1) is 16.3 Å². The SMILES string of the molecule is CN(C)S(=O)(=O)c1ccc2c(c1)N(CC(=O)O)C(=O)[C@H]1CCCCN21. The molecule has 136 valence electrons. The van der Waals surface area contributed by atoms with E-state index in [1.54, 1.807) is 6.07 Å². The van der Waals surface area contributed by atoms with Crippen molar-refractivity contribution in [3.05, 3.63) is 18.2 Å². The molecule has 0 unspecified atom stereocenters. The molecule has 0 aromatic heterocycles. The molecule has 1 fully saturated rings. The zero-order valence-electron chi connectivity index (χ0n) is 14.2. The van der Waals surface area contributed by atoms with E-state index in [-0.39, 0.29) is 16.8 Å². The predicted octanol–water partition coefficient (Wildman–Crippen LogP) is 0.727. The molecule has 0 spiro atoms. The van der Waals surface area contributed by atoms with Crippen LogP contribution in [-0.4, -0.2) is 62.9 Å². The fourth-order valence-corrected chi connectivity index (χ4v) is 4.33. The van der Waals surface area contributed by atoms with E-state index in [1.807, 2.05) is 4.90 Å². The number of rotatable bonds is 4. The zero-order chi connectivity index (χ0) is 18.4. The van der Waals surface area contributed by atoms with Crippen molar-refractivity contribution >= 4 is 33.3 Å². The summed E-state index contributed by atoms with van der Waals surface area (Å²) in [6.45, 7) is 0.214. The van der Waals surface area contributed by atoms with E-state index in [9.17, 15) is 23.1 Å². The van der Waals surface area contributed by atoms with E-state index in [4.69, 9.17) is 0 Å². The number of carbonyl (C=O) groups excluding carboxylic acids is 1. The minimum Gasteiger partial charge on any atom is -0.480 e. The van der Waals surface area contributed by atoms with Gasteiger partial charge >= 0.3 is 5.97 Å². The molecule has 2 heterocycles. The number of aliphatic carboxylic acids is 1. The lowest BCUT2D eigenvalue weighted by atomic mass is 9.96. The fraction of sp³-hybridized carbons (Fsp3) is 0.500. The maximum Gasteiger partial charge on any atom is 0.323 e. The lowest BCUT2D eigenvalue weighted by Gasteiger charge is -2.45. The van der Waals surface area contributed by atoms with E-state index in [0.29, 0.717) is 24.3 Å². The number of carbonyl (C=O) groups is 2. The van der Waals surface area contributed by atoms with Gasteiger partial charge in [0.15, 0.2) is 0 Å². The van der Waals surface area contributed by atoms with Crippen LogP contribution in [0.4, 0.5) is 11.4 Å². The zero-order valence-corrected chi connectivity index (χ0v) is 15.0. The number of piperidine rings is 1. The van der Waals surface area contributed by atoms with Crippen LogP contribution in [-0.2, 0) is 19.6 Å². The second kappa shape index (κ2) is 6.30. The Bertz CT molecular complexity index is 821. The number of sulfonamides is 1. The predicted molar refractivity (Wildman–Crippen MR) is 92.3 cm³/mol. The maximum atomic E-state index is 12.8. The molecular weight excluding hydrogens is 346 g/mol. The molecule has 1 amide bonds. The minimum atomic E-state index is -3.68. The Kier molecular flexibility index (Phi) is 4.46. The lowest BCUT2D eigenvalue weighted by molar-refractivity contribution is -0.137. The third-order valence-corrected chi connectivity index (χ3v) is 6.48. The quantitative estimate of drug-likeness (QED) is 0.842. The van der Waals surface area contributed by atoms with Crippen LogP contribution in [0.2, 0.25) is 0 Å². The summed E-state index contributed by atoms with van der Waals surface area (Å²) < 4.78 is 25.9. The number of carboxylic acids is 1. The summed E-state index contributed by atoms with van der Waals surface area (Å²) in [5.41, 5.74) is 1.05. The van der Waals surface area contributed by atoms with Crippen LogP contribution < -0.4 is 9.80 Å². The normalized spacial score (nSPS) is 20.4. The minimum absolute atomic E-state index is 0.0369. The van der Waals surface area contributed by atoms with Gasteiger partial charge in [0.1, 0.15) is 12.6 Å². The van der Waals surface area contributed by atoms with Crippen LogP contribution in [0.1, 0.15) is 19.3 Å². The molecular formula is C16H21N3O5S. The van der Waals surface area contributed by atoms with Gasteiger partial charge < -0.3 is 10.0 Å². The van der Waals surface area contributed by atoms with Crippen LogP contribution >= 0.6 is 0 Å². The number of anilines is 2. The molecule has 2 aliphatic heterocycles. The summed E-state index contributed by atoms with van der Waals surface area (Å²) in [5.74, 6) is -1.42. The first kappa shape index (κ1) is 17.7. The van der Waals surface area contributed by atoms with Gasteiger partial charge in [0.2, 0.25) is 15.9 Å². The number of fused-ring (bicyclic) bond motifs is 3. The summed E-state index contributed by atoms with van der Waals surface area (Å²) in [4.78, 5) is 27.2. The molecule has 3 rings (SSSR count). The number of carboxylic acid groups (broad SMARTS) is 1. The largest absolute Gasteiger partial charge is 0.480 e. The molecule has 1 atom stereocenters. The number of hydrogen-bond acceptors (Lipinski definition) is 5. The number of hydrogen-bond donors (Lipinski definition) is 1. The van der Waals surface area contributed by atoms with E-state index in [0.717, 1.165) is 17.1 Å². The standard InChI is InChI=1S/C16H21N3O5S/c1-17(2)25(23,24)11-6-7-12-14(9-11)19(10-15(20)21)16(22)13-5-3-4-8-18(12)13/h6-7,9,13H,3-5,8,10H2,1-2H3,(H,20,21)/t13-/m1/s1. The molecule has 8 nitrogen and oxygen atoms in total. The fourth-order valence-electron chi connectivity index (χ4n) is 3.41. The Labute approximate surface area is 146 Å². The molecule has 1 N–H and O–H groups in total. The van der Waals surface area contributed by atoms with E-state index >= 15 is 0 Å². The van der Waals surface area contributed by atoms with Crippen molar-refractivity contribution < 1.29 is 23.1 Å². The van der Waals surface area contributed by atoms with Crippen molar-refractivity contribution in [1.29, 1.82) is 0 Å². The number of nitrogens with zero attached hydrogens (tertiary/aromatic N) is 3. The van der Waals surface area contributed by atoms with Gasteiger partial charge in [0.25, 0.3) is 0 Å². The van der Waals surface area contributed by atoms with Crippen LogP contribution in [0, 0.1) is 0 Å². The molecule has 0 bridgehead atoms. The second-order valence-corrected chi connectivity index (χ2v) is 8.61. The van der Waals surface area contributed by atoms with Gasteiger partial charge in [-0.1, -0.05) is 0 Å². The third kappa shape index (κ3) is 2.98. The average molecular weight is 367 g/mol. The highest BCUT2D eigenvalue weighted by Gasteiger charge is 2.40. The highest BCUT2D eigenvalue weighted by Crippen LogP contribution is 2.40. The first-order valence-corrected chi connectivity index (χ1v) is 9.54. The van der Waals surface area contributed by atoms with Crippen molar-refractivity contribution in [2.75, 3.05) is 37.0 Å². The van der Waals surface area contributed by atoms with E-state index in [1.165, 1.54) is 31.1 Å². The summed E-state index contributed by atoms with van der Waals surface area (Å²) in [6, 6.07) is 4.20. The lowest BCUT2D eigenvalue weighted by Crippen LogP contribution is -2.56. The van der Waals surface area contributed by atoms with Crippen molar-refractivity contribution in [3.8, 4) is 0 Å². The van der Waals surface area contributed by atoms with Crippen LogP contribution in [0.5, 0.6) is 0 Å². The average Bonchev–Trinajstić information content (AvgIpc) is 2.57. The highest BCUT2D eigenvalue weighted by molar-refractivity contribution is 7.89. The Hall–Kier alpha value is -2.13. The molecule has 2 aliphatic rings. The van der Waals surface area contributed by atoms with Crippen molar-refractivity contribution in [3.63, 3.8) is 0 Å². The van der Waals surface area contributed by atoms with E-state index in [2.05, 4.69) is 0 Å². The first-order valence-electron chi connectivity index (χ1n) is 8.10. The van der Waals surface area contributed by atoms with Gasteiger partial charge in [-0.25, -0.2) is 12.7 Å². The molecule has 0 radical (unpaired) electrons. The Morgan fingerprint density at radius 3 is 2.64 bits per heavy atom. The van der Waals surface area contributed by atoms with Gasteiger partial charge in [-0.05, 0) is 37.5 Å². The maximum absolute atomic E-state index is 12.8. The molecule has 1 saturated heterocycles. The summed E-state index contributed by atoms with van der Waals surface area (Å²) in [7, 11) is -0.827. The van der Waals surface area contributed by atoms with Crippen molar-refractivity contribution in [2.24, 2.45) is 0 Å². The van der Waals surface area contributed by atoms with Crippen molar-refractivity contribution in [1.82, 2.24) is 4.31 Å². The molecule has 0 saturated carbocycles. The topological polar surface area (TPSA) is 98.2 Å². The monoisotopic (exact) mass is 367 g/mol. The summed E-state index contributed by atoms with van der Waals surface area (Å²) in [5, 5.41) is 9.19. The molecule has 1 aromatic rings. The number of amides is 1. The highest BCUT2D eigenvalue weighted by atomic mass is 32.2. The molecule has 25 heavy (non-hydrogen) atoms. The Morgan fingerprint density at radius 1 is 1.28 bits per heavy atom. The Balaban J connectivity index is 2.15. The summed E-state index contributed by atoms with van der Waals surface area (Å²) >= 11 is 0. The molecule has 1 aromatic carbocycles. The van der Waals surface area contributed by atoms with Crippen molar-refractivity contribution in [2.45, 2.75) is 30.2 Å². The molecule has 9 heteroatoms. The third-order valence-electron chi connectivity index (χ3n) is 4.67.